The Hall–Kier alpha value is -3.59. The van der Waals surface area contributed by atoms with E-state index in [0.717, 1.165) is 16.7 Å². The Labute approximate surface area is 164 Å². The molecule has 0 saturated heterocycles. The van der Waals surface area contributed by atoms with E-state index in [1.54, 1.807) is 6.26 Å². The third kappa shape index (κ3) is 3.89. The molecule has 0 aliphatic heterocycles. The minimum atomic E-state index is -0.399. The molecule has 0 fully saturated rings. The Kier molecular flexibility index (Phi) is 5.34. The van der Waals surface area contributed by atoms with Crippen LogP contribution >= 0.6 is 0 Å². The van der Waals surface area contributed by atoms with Crippen molar-refractivity contribution in [3.63, 3.8) is 0 Å². The molecule has 0 radical (unpaired) electrons. The van der Waals surface area contributed by atoms with Crippen LogP contribution in [0.5, 0.6) is 0 Å². The Morgan fingerprint density at radius 1 is 0.643 bits per heavy atom. The van der Waals surface area contributed by atoms with Gasteiger partial charge in [-0.05, 0) is 28.8 Å². The van der Waals surface area contributed by atoms with Crippen molar-refractivity contribution in [1.29, 1.82) is 0 Å². The summed E-state index contributed by atoms with van der Waals surface area (Å²) in [6.07, 6.45) is 1.63. The Morgan fingerprint density at radius 2 is 1.14 bits per heavy atom. The van der Waals surface area contributed by atoms with Gasteiger partial charge < -0.3 is 9.73 Å². The number of nitrogens with one attached hydrogen (secondary N) is 1. The second kappa shape index (κ2) is 8.40. The molecule has 0 aliphatic rings. The van der Waals surface area contributed by atoms with Crippen LogP contribution in [0, 0.1) is 0 Å². The fraction of sp³-hybridized carbons (Fsp3) is 0.0800. The molecule has 1 atom stereocenters. The van der Waals surface area contributed by atoms with Crippen molar-refractivity contribution in [3.05, 3.63) is 132 Å². The highest BCUT2D eigenvalue weighted by molar-refractivity contribution is 5.87. The van der Waals surface area contributed by atoms with E-state index >= 15 is 0 Å². The summed E-state index contributed by atoms with van der Waals surface area (Å²) in [4.78, 5) is 13.5. The van der Waals surface area contributed by atoms with Gasteiger partial charge in [0, 0.05) is 0 Å². The van der Waals surface area contributed by atoms with Crippen LogP contribution < -0.4 is 5.32 Å². The number of carbonyl (C=O) groups excluding carboxylic acids is 1. The zero-order valence-corrected chi connectivity index (χ0v) is 15.4. The van der Waals surface area contributed by atoms with Gasteiger partial charge in [0.25, 0.3) is 0 Å². The SMILES string of the molecule is O=C(N[C@H](c1ccccc1)c1ccco1)C(c1ccccc1)c1ccccc1. The van der Waals surface area contributed by atoms with E-state index in [1.807, 2.05) is 103 Å². The lowest BCUT2D eigenvalue weighted by atomic mass is 9.90. The van der Waals surface area contributed by atoms with Crippen molar-refractivity contribution in [1.82, 2.24) is 5.32 Å². The summed E-state index contributed by atoms with van der Waals surface area (Å²) >= 11 is 0. The Morgan fingerprint density at radius 3 is 1.61 bits per heavy atom. The predicted octanol–water partition coefficient (Wildman–Crippen LogP) is 5.32. The lowest BCUT2D eigenvalue weighted by Crippen LogP contribution is -2.34. The van der Waals surface area contributed by atoms with Gasteiger partial charge in [-0.15, -0.1) is 0 Å². The number of carbonyl (C=O) groups is 1. The Balaban J connectivity index is 1.70. The molecule has 1 aromatic heterocycles. The van der Waals surface area contributed by atoms with Gasteiger partial charge in [-0.25, -0.2) is 0 Å². The second-order valence-electron chi connectivity index (χ2n) is 6.62. The third-order valence-electron chi connectivity index (χ3n) is 4.78. The van der Waals surface area contributed by atoms with E-state index in [0.29, 0.717) is 5.76 Å². The van der Waals surface area contributed by atoms with Crippen LogP contribution in [0.25, 0.3) is 0 Å². The number of amides is 1. The molecule has 3 nitrogen and oxygen atoms in total. The molecule has 3 heteroatoms. The van der Waals surface area contributed by atoms with Gasteiger partial charge in [-0.1, -0.05) is 91.0 Å². The minimum Gasteiger partial charge on any atom is -0.467 e. The van der Waals surface area contributed by atoms with Gasteiger partial charge in [-0.2, -0.15) is 0 Å². The van der Waals surface area contributed by atoms with Gasteiger partial charge in [0.05, 0.1) is 12.2 Å². The summed E-state index contributed by atoms with van der Waals surface area (Å²) in [5.74, 6) is 0.241. The second-order valence-corrected chi connectivity index (χ2v) is 6.62. The van der Waals surface area contributed by atoms with E-state index in [4.69, 9.17) is 4.42 Å². The van der Waals surface area contributed by atoms with Crippen LogP contribution in [0.4, 0.5) is 0 Å². The predicted molar refractivity (Wildman–Crippen MR) is 110 cm³/mol. The maximum absolute atomic E-state index is 13.5. The first-order chi connectivity index (χ1) is 13.8. The fourth-order valence-corrected chi connectivity index (χ4v) is 3.43. The maximum atomic E-state index is 13.5. The monoisotopic (exact) mass is 367 g/mol. The normalized spacial score (nSPS) is 11.9. The highest BCUT2D eigenvalue weighted by atomic mass is 16.3. The van der Waals surface area contributed by atoms with Gasteiger partial charge >= 0.3 is 0 Å². The average Bonchev–Trinajstić information content (AvgIpc) is 3.29. The number of hydrogen-bond acceptors (Lipinski definition) is 2. The average molecular weight is 367 g/mol. The summed E-state index contributed by atoms with van der Waals surface area (Å²) in [5, 5.41) is 3.20. The van der Waals surface area contributed by atoms with E-state index < -0.39 is 5.92 Å². The van der Waals surface area contributed by atoms with Crippen LogP contribution in [-0.2, 0) is 4.79 Å². The van der Waals surface area contributed by atoms with Crippen LogP contribution in [0.15, 0.2) is 114 Å². The van der Waals surface area contributed by atoms with Crippen LogP contribution in [0.1, 0.15) is 34.4 Å². The molecule has 1 amide bonds. The minimum absolute atomic E-state index is 0.0670. The highest BCUT2D eigenvalue weighted by Crippen LogP contribution is 2.28. The fourth-order valence-electron chi connectivity index (χ4n) is 3.43. The lowest BCUT2D eigenvalue weighted by molar-refractivity contribution is -0.122. The van der Waals surface area contributed by atoms with Crippen molar-refractivity contribution >= 4 is 5.91 Å². The molecule has 0 saturated carbocycles. The first-order valence-electron chi connectivity index (χ1n) is 9.31. The first kappa shape index (κ1) is 17.8. The molecule has 0 bridgehead atoms. The van der Waals surface area contributed by atoms with Crippen LogP contribution in [0.3, 0.4) is 0 Å². The Bertz CT molecular complexity index is 957. The standard InChI is InChI=1S/C25H21NO2/c27-25(23(19-11-4-1-5-12-19)20-13-6-2-7-14-20)26-24(22-17-10-18-28-22)21-15-8-3-9-16-21/h1-18,23-24H,(H,26,27)/t24-/m1/s1. The molecule has 4 aromatic rings. The zero-order chi connectivity index (χ0) is 19.2. The molecule has 138 valence electrons. The summed E-state index contributed by atoms with van der Waals surface area (Å²) in [5.41, 5.74) is 2.89. The molecule has 4 rings (SSSR count). The van der Waals surface area contributed by atoms with Gasteiger partial charge in [-0.3, -0.25) is 4.79 Å². The lowest BCUT2D eigenvalue weighted by Gasteiger charge is -2.23. The van der Waals surface area contributed by atoms with E-state index in [-0.39, 0.29) is 11.9 Å². The number of hydrogen-bond donors (Lipinski definition) is 1. The summed E-state index contributed by atoms with van der Waals surface area (Å²) in [6.45, 7) is 0. The molecule has 0 unspecified atom stereocenters. The molecule has 28 heavy (non-hydrogen) atoms. The molecule has 0 spiro atoms. The summed E-state index contributed by atoms with van der Waals surface area (Å²) < 4.78 is 5.63. The third-order valence-corrected chi connectivity index (χ3v) is 4.78. The number of rotatable bonds is 6. The zero-order valence-electron chi connectivity index (χ0n) is 15.4. The van der Waals surface area contributed by atoms with Gasteiger partial charge in [0.2, 0.25) is 5.91 Å². The number of furan rings is 1. The van der Waals surface area contributed by atoms with E-state index in [2.05, 4.69) is 5.32 Å². The van der Waals surface area contributed by atoms with Crippen molar-refractivity contribution < 1.29 is 9.21 Å². The van der Waals surface area contributed by atoms with E-state index in [1.165, 1.54) is 0 Å². The van der Waals surface area contributed by atoms with Crippen molar-refractivity contribution in [2.45, 2.75) is 12.0 Å². The molecular weight excluding hydrogens is 346 g/mol. The van der Waals surface area contributed by atoms with Crippen LogP contribution in [0.2, 0.25) is 0 Å². The van der Waals surface area contributed by atoms with Crippen molar-refractivity contribution in [3.8, 4) is 0 Å². The number of benzene rings is 3. The van der Waals surface area contributed by atoms with Crippen LogP contribution in [-0.4, -0.2) is 5.91 Å². The van der Waals surface area contributed by atoms with Gasteiger partial charge in [0.15, 0.2) is 0 Å². The highest BCUT2D eigenvalue weighted by Gasteiger charge is 2.27. The molecule has 0 aliphatic carbocycles. The molecule has 3 aromatic carbocycles. The first-order valence-corrected chi connectivity index (χ1v) is 9.31. The summed E-state index contributed by atoms with van der Waals surface area (Å²) in [6, 6.07) is 32.9. The van der Waals surface area contributed by atoms with Crippen molar-refractivity contribution in [2.24, 2.45) is 0 Å². The summed E-state index contributed by atoms with van der Waals surface area (Å²) in [7, 11) is 0. The van der Waals surface area contributed by atoms with Crippen molar-refractivity contribution in [2.75, 3.05) is 0 Å². The molecule has 1 N–H and O–H groups in total. The molecule has 1 heterocycles. The smallest absolute Gasteiger partial charge is 0.232 e. The van der Waals surface area contributed by atoms with E-state index in [9.17, 15) is 4.79 Å². The largest absolute Gasteiger partial charge is 0.467 e. The topological polar surface area (TPSA) is 42.2 Å². The quantitative estimate of drug-likeness (QED) is 0.501. The molecular formula is C25H21NO2. The van der Waals surface area contributed by atoms with Gasteiger partial charge in [0.1, 0.15) is 11.8 Å². The maximum Gasteiger partial charge on any atom is 0.232 e.